The van der Waals surface area contributed by atoms with E-state index in [1.54, 1.807) is 4.90 Å². The molecule has 3 atom stereocenters. The third-order valence-corrected chi connectivity index (χ3v) is 11.1. The van der Waals surface area contributed by atoms with Crippen LogP contribution >= 0.6 is 0 Å². The number of hydrogen-bond acceptors (Lipinski definition) is 6. The zero-order chi connectivity index (χ0) is 40.2. The Morgan fingerprint density at radius 3 is 1.33 bits per heavy atom. The second-order valence-electron chi connectivity index (χ2n) is 16.1. The maximum Gasteiger partial charge on any atom is 0.308 e. The van der Waals surface area contributed by atoms with Crippen LogP contribution in [-0.2, 0) is 30.3 Å². The minimum absolute atomic E-state index is 0.0135. The van der Waals surface area contributed by atoms with E-state index in [0.29, 0.717) is 19.5 Å². The molecule has 7 nitrogen and oxygen atoms in total. The molecule has 0 aliphatic heterocycles. The number of unbranched alkanes of at least 4 members (excludes halogenated alkanes) is 16. The van der Waals surface area contributed by atoms with Crippen molar-refractivity contribution >= 4 is 17.8 Å². The molecule has 0 bridgehead atoms. The summed E-state index contributed by atoms with van der Waals surface area (Å²) in [6, 6.07) is 10.2. The largest absolute Gasteiger partial charge is 0.464 e. The van der Waals surface area contributed by atoms with Gasteiger partial charge in [-0.1, -0.05) is 193 Å². The Morgan fingerprint density at radius 1 is 0.545 bits per heavy atom. The lowest BCUT2D eigenvalue weighted by Gasteiger charge is -2.26. The Kier molecular flexibility index (Phi) is 33.1. The average Bonchev–Trinajstić information content (AvgIpc) is 3.18. The molecule has 0 heterocycles. The van der Waals surface area contributed by atoms with E-state index < -0.39 is 0 Å². The van der Waals surface area contributed by atoms with Gasteiger partial charge in [0.1, 0.15) is 13.2 Å². The van der Waals surface area contributed by atoms with Crippen LogP contribution in [0.4, 0.5) is 0 Å². The molecule has 0 saturated heterocycles. The molecule has 0 radical (unpaired) electrons. The molecule has 0 aromatic heterocycles. The summed E-state index contributed by atoms with van der Waals surface area (Å²) in [5, 5.41) is 3.51. The third-order valence-electron chi connectivity index (χ3n) is 11.1. The summed E-state index contributed by atoms with van der Waals surface area (Å²) in [5.74, 6) is -0.436. The summed E-state index contributed by atoms with van der Waals surface area (Å²) in [6.45, 7) is 12.6. The van der Waals surface area contributed by atoms with Crippen molar-refractivity contribution in [3.8, 4) is 0 Å². The van der Waals surface area contributed by atoms with Crippen molar-refractivity contribution in [1.29, 1.82) is 0 Å². The first-order valence-corrected chi connectivity index (χ1v) is 23.3. The van der Waals surface area contributed by atoms with E-state index in [1.807, 2.05) is 18.2 Å². The van der Waals surface area contributed by atoms with Crippen LogP contribution < -0.4 is 5.32 Å². The van der Waals surface area contributed by atoms with E-state index in [2.05, 4.69) is 52.1 Å². The molecule has 0 spiro atoms. The molecule has 3 unspecified atom stereocenters. The molecule has 1 aromatic carbocycles. The van der Waals surface area contributed by atoms with Crippen molar-refractivity contribution in [2.75, 3.05) is 32.8 Å². The van der Waals surface area contributed by atoms with Crippen molar-refractivity contribution < 1.29 is 23.9 Å². The molecule has 7 heteroatoms. The summed E-state index contributed by atoms with van der Waals surface area (Å²) in [6.07, 6.45) is 28.1. The number of ether oxygens (including phenoxy) is 2. The highest BCUT2D eigenvalue weighted by Crippen LogP contribution is 2.22. The molecule has 1 rings (SSSR count). The first kappa shape index (κ1) is 50.6. The van der Waals surface area contributed by atoms with E-state index in [1.165, 1.54) is 82.6 Å². The van der Waals surface area contributed by atoms with Crippen molar-refractivity contribution in [1.82, 2.24) is 10.2 Å². The average molecular weight is 771 g/mol. The minimum atomic E-state index is -0.126. The number of nitrogens with one attached hydrogen (secondary N) is 1. The van der Waals surface area contributed by atoms with Gasteiger partial charge in [-0.15, -0.1) is 0 Å². The highest BCUT2D eigenvalue weighted by Gasteiger charge is 2.24. The van der Waals surface area contributed by atoms with Gasteiger partial charge in [0.25, 0.3) is 0 Å². The zero-order valence-electron chi connectivity index (χ0n) is 36.5. The Bertz CT molecular complexity index is 1000. The summed E-state index contributed by atoms with van der Waals surface area (Å²) < 4.78 is 11.9. The van der Waals surface area contributed by atoms with Crippen LogP contribution in [0.15, 0.2) is 30.3 Å². The fourth-order valence-electron chi connectivity index (χ4n) is 7.59. The van der Waals surface area contributed by atoms with Crippen LogP contribution in [-0.4, -0.2) is 61.6 Å². The van der Waals surface area contributed by atoms with E-state index >= 15 is 0 Å². The van der Waals surface area contributed by atoms with Gasteiger partial charge in [0.15, 0.2) is 0 Å². The molecule has 1 aromatic rings. The number of amides is 1. The fraction of sp³-hybridized carbons (Fsp3) is 0.812. The Hall–Kier alpha value is -2.41. The highest BCUT2D eigenvalue weighted by atomic mass is 16.5. The van der Waals surface area contributed by atoms with Gasteiger partial charge in [0.2, 0.25) is 5.91 Å². The Labute approximate surface area is 339 Å². The topological polar surface area (TPSA) is 84.9 Å². The van der Waals surface area contributed by atoms with Gasteiger partial charge >= 0.3 is 11.9 Å². The van der Waals surface area contributed by atoms with Gasteiger partial charge in [0, 0.05) is 12.5 Å². The number of rotatable bonds is 38. The summed E-state index contributed by atoms with van der Waals surface area (Å²) >= 11 is 0. The quantitative estimate of drug-likeness (QED) is 0.0532. The monoisotopic (exact) mass is 771 g/mol. The molecule has 0 saturated carbocycles. The van der Waals surface area contributed by atoms with Gasteiger partial charge in [-0.25, -0.2) is 0 Å². The lowest BCUT2D eigenvalue weighted by atomic mass is 9.94. The van der Waals surface area contributed by atoms with Crippen LogP contribution in [0, 0.1) is 11.8 Å². The van der Waals surface area contributed by atoms with E-state index in [0.717, 1.165) is 90.0 Å². The van der Waals surface area contributed by atoms with E-state index in [9.17, 15) is 14.4 Å². The molecular weight excluding hydrogens is 685 g/mol. The van der Waals surface area contributed by atoms with Crippen molar-refractivity contribution in [2.24, 2.45) is 11.8 Å². The predicted octanol–water partition coefficient (Wildman–Crippen LogP) is 12.2. The number of nitrogens with zero attached hydrogens (tertiary/aromatic N) is 1. The lowest BCUT2D eigenvalue weighted by molar-refractivity contribution is -0.152. The van der Waals surface area contributed by atoms with Crippen molar-refractivity contribution in [2.45, 2.75) is 208 Å². The maximum absolute atomic E-state index is 13.9. The number of hydrogen-bond donors (Lipinski definition) is 1. The smallest absolute Gasteiger partial charge is 0.308 e. The molecule has 0 fully saturated rings. The van der Waals surface area contributed by atoms with Crippen LogP contribution in [0.1, 0.15) is 201 Å². The molecule has 55 heavy (non-hydrogen) atoms. The van der Waals surface area contributed by atoms with Gasteiger partial charge < -0.3 is 19.7 Å². The Balaban J connectivity index is 2.95. The first-order chi connectivity index (χ1) is 26.9. The summed E-state index contributed by atoms with van der Waals surface area (Å²) in [5.41, 5.74) is 1.18. The lowest BCUT2D eigenvalue weighted by Crippen LogP contribution is -2.42. The number of benzene rings is 1. The summed E-state index contributed by atoms with van der Waals surface area (Å²) in [4.78, 5) is 42.6. The molecule has 1 amide bonds. The standard InChI is InChI=1S/C48H86N2O5/c1-6-11-15-19-21-28-34-43(32-26-17-13-8-3)47(52)54-38-36-50(46(51)41-45(49-10-5)40-42-30-24-23-25-31-42)37-39-55-48(53)44(33-27-18-14-9-4)35-29-22-20-16-12-7-2/h23-25,30-31,43-45,49H,6-22,26-29,32-41H2,1-5H3. The third kappa shape index (κ3) is 27.0. The number of esters is 2. The van der Waals surface area contributed by atoms with Gasteiger partial charge in [-0.2, -0.15) is 0 Å². The molecule has 1 N–H and O–H groups in total. The number of carbonyl (C=O) groups is 3. The van der Waals surface area contributed by atoms with Crippen LogP contribution in [0.3, 0.4) is 0 Å². The maximum atomic E-state index is 13.9. The molecular formula is C48H86N2O5. The minimum Gasteiger partial charge on any atom is -0.464 e. The first-order valence-electron chi connectivity index (χ1n) is 23.3. The van der Waals surface area contributed by atoms with Gasteiger partial charge in [-0.3, -0.25) is 14.4 Å². The van der Waals surface area contributed by atoms with Crippen LogP contribution in [0.25, 0.3) is 0 Å². The number of carbonyl (C=O) groups excluding carboxylic acids is 3. The van der Waals surface area contributed by atoms with Gasteiger partial charge in [-0.05, 0) is 44.2 Å². The highest BCUT2D eigenvalue weighted by molar-refractivity contribution is 5.77. The van der Waals surface area contributed by atoms with Crippen molar-refractivity contribution in [3.05, 3.63) is 35.9 Å². The zero-order valence-corrected chi connectivity index (χ0v) is 36.5. The SMILES string of the molecule is CCCCCCCCC(CCCCCC)C(=O)OCCN(CCOC(=O)C(CCCCCC)CCCCCCCC)C(=O)CC(Cc1ccccc1)NCC. The predicted molar refractivity (Wildman–Crippen MR) is 231 cm³/mol. The Morgan fingerprint density at radius 2 is 0.927 bits per heavy atom. The molecule has 0 aliphatic carbocycles. The van der Waals surface area contributed by atoms with E-state index in [4.69, 9.17) is 9.47 Å². The second kappa shape index (κ2) is 36.0. The molecule has 318 valence electrons. The van der Waals surface area contributed by atoms with Crippen LogP contribution in [0.2, 0.25) is 0 Å². The van der Waals surface area contributed by atoms with Crippen LogP contribution in [0.5, 0.6) is 0 Å². The summed E-state index contributed by atoms with van der Waals surface area (Å²) in [7, 11) is 0. The second-order valence-corrected chi connectivity index (χ2v) is 16.1. The number of likely N-dealkylation sites (N-methyl/N-ethyl adjacent to an activating group) is 1. The molecule has 0 aliphatic rings. The normalized spacial score (nSPS) is 13.0. The fourth-order valence-corrected chi connectivity index (χ4v) is 7.59. The van der Waals surface area contributed by atoms with Crippen molar-refractivity contribution in [3.63, 3.8) is 0 Å². The van der Waals surface area contributed by atoms with Gasteiger partial charge in [0.05, 0.1) is 24.9 Å². The van der Waals surface area contributed by atoms with E-state index in [-0.39, 0.29) is 48.9 Å².